The van der Waals surface area contributed by atoms with Crippen molar-refractivity contribution in [2.24, 2.45) is 0 Å². The molecule has 1 atom stereocenters. The summed E-state index contributed by atoms with van der Waals surface area (Å²) in [6, 6.07) is 0.337. The maximum absolute atomic E-state index is 5.66. The zero-order chi connectivity index (χ0) is 12.5. The monoisotopic (exact) mass is 257 g/mol. The third-order valence-corrected chi connectivity index (χ3v) is 2.50. The van der Waals surface area contributed by atoms with E-state index in [0.717, 1.165) is 25.1 Å². The van der Waals surface area contributed by atoms with Crippen molar-refractivity contribution in [1.29, 1.82) is 0 Å². The first-order chi connectivity index (χ1) is 8.26. The normalized spacial score (nSPS) is 12.2. The fourth-order valence-corrected chi connectivity index (χ4v) is 1.56. The minimum atomic E-state index is 0.337. The Hall–Kier alpha value is -1.03. The van der Waals surface area contributed by atoms with Gasteiger partial charge < -0.3 is 10.1 Å². The maximum Gasteiger partial charge on any atom is 0.234 e. The van der Waals surface area contributed by atoms with Gasteiger partial charge in [0.2, 0.25) is 5.88 Å². The SMILES string of the molecule is CCCOc1cncc(NC(C)CCCCl)n1. The van der Waals surface area contributed by atoms with Crippen molar-refractivity contribution in [3.05, 3.63) is 12.4 Å². The third kappa shape index (κ3) is 5.73. The molecule has 96 valence electrons. The van der Waals surface area contributed by atoms with Crippen LogP contribution in [-0.2, 0) is 0 Å². The Morgan fingerprint density at radius 1 is 1.47 bits per heavy atom. The van der Waals surface area contributed by atoms with Gasteiger partial charge in [-0.05, 0) is 26.2 Å². The summed E-state index contributed by atoms with van der Waals surface area (Å²) < 4.78 is 5.42. The Morgan fingerprint density at radius 2 is 2.29 bits per heavy atom. The van der Waals surface area contributed by atoms with Crippen LogP contribution < -0.4 is 10.1 Å². The summed E-state index contributed by atoms with van der Waals surface area (Å²) in [6.07, 6.45) is 6.31. The highest BCUT2D eigenvalue weighted by Crippen LogP contribution is 2.11. The predicted octanol–water partition coefficient (Wildman–Crippen LogP) is 3.08. The molecule has 17 heavy (non-hydrogen) atoms. The number of hydrogen-bond donors (Lipinski definition) is 1. The van der Waals surface area contributed by atoms with E-state index in [1.807, 2.05) is 0 Å². The van der Waals surface area contributed by atoms with Gasteiger partial charge in [0, 0.05) is 11.9 Å². The van der Waals surface area contributed by atoms with Gasteiger partial charge in [-0.15, -0.1) is 11.6 Å². The van der Waals surface area contributed by atoms with Crippen LogP contribution in [0.15, 0.2) is 12.4 Å². The molecule has 0 saturated heterocycles. The van der Waals surface area contributed by atoms with Gasteiger partial charge in [0.1, 0.15) is 5.82 Å². The molecule has 0 radical (unpaired) electrons. The van der Waals surface area contributed by atoms with Crippen LogP contribution in [0.1, 0.15) is 33.1 Å². The first kappa shape index (κ1) is 14.0. The van der Waals surface area contributed by atoms with Gasteiger partial charge in [-0.3, -0.25) is 4.98 Å². The Kier molecular flexibility index (Phi) is 6.70. The number of nitrogens with zero attached hydrogens (tertiary/aromatic N) is 2. The van der Waals surface area contributed by atoms with Crippen molar-refractivity contribution < 1.29 is 4.74 Å². The van der Waals surface area contributed by atoms with Gasteiger partial charge in [0.15, 0.2) is 0 Å². The molecule has 0 aromatic carbocycles. The van der Waals surface area contributed by atoms with E-state index in [1.54, 1.807) is 12.4 Å². The number of nitrogens with one attached hydrogen (secondary N) is 1. The lowest BCUT2D eigenvalue weighted by molar-refractivity contribution is 0.304. The van der Waals surface area contributed by atoms with Crippen molar-refractivity contribution in [1.82, 2.24) is 9.97 Å². The average molecular weight is 258 g/mol. The first-order valence-corrected chi connectivity index (χ1v) is 6.57. The maximum atomic E-state index is 5.66. The number of halogens is 1. The number of anilines is 1. The van der Waals surface area contributed by atoms with E-state index < -0.39 is 0 Å². The van der Waals surface area contributed by atoms with E-state index >= 15 is 0 Å². The van der Waals surface area contributed by atoms with E-state index in [0.29, 0.717) is 24.4 Å². The molecule has 0 saturated carbocycles. The Labute approximate surface area is 108 Å². The van der Waals surface area contributed by atoms with Crippen molar-refractivity contribution in [3.63, 3.8) is 0 Å². The summed E-state index contributed by atoms with van der Waals surface area (Å²) in [4.78, 5) is 8.42. The first-order valence-electron chi connectivity index (χ1n) is 6.03. The molecule has 1 N–H and O–H groups in total. The lowest BCUT2D eigenvalue weighted by atomic mass is 10.2. The largest absolute Gasteiger partial charge is 0.477 e. The molecule has 0 aliphatic carbocycles. The second-order valence-corrected chi connectivity index (χ2v) is 4.35. The van der Waals surface area contributed by atoms with Gasteiger partial charge in [-0.1, -0.05) is 6.92 Å². The summed E-state index contributed by atoms with van der Waals surface area (Å²) in [6.45, 7) is 4.83. The molecular weight excluding hydrogens is 238 g/mol. The van der Waals surface area contributed by atoms with E-state index in [1.165, 1.54) is 0 Å². The second-order valence-electron chi connectivity index (χ2n) is 3.97. The summed E-state index contributed by atoms with van der Waals surface area (Å²) >= 11 is 5.66. The molecule has 4 nitrogen and oxygen atoms in total. The molecule has 0 aliphatic heterocycles. The summed E-state index contributed by atoms with van der Waals surface area (Å²) in [5.41, 5.74) is 0. The van der Waals surface area contributed by atoms with Crippen LogP contribution in [0.2, 0.25) is 0 Å². The molecule has 5 heteroatoms. The summed E-state index contributed by atoms with van der Waals surface area (Å²) in [7, 11) is 0. The smallest absolute Gasteiger partial charge is 0.234 e. The number of hydrogen-bond acceptors (Lipinski definition) is 4. The van der Waals surface area contributed by atoms with Crippen LogP contribution in [0.25, 0.3) is 0 Å². The fraction of sp³-hybridized carbons (Fsp3) is 0.667. The zero-order valence-corrected chi connectivity index (χ0v) is 11.2. The van der Waals surface area contributed by atoms with Crippen molar-refractivity contribution in [3.8, 4) is 5.88 Å². The fourth-order valence-electron chi connectivity index (χ4n) is 1.40. The zero-order valence-electron chi connectivity index (χ0n) is 10.4. The van der Waals surface area contributed by atoms with E-state index in [2.05, 4.69) is 29.1 Å². The molecular formula is C12H20ClN3O. The van der Waals surface area contributed by atoms with Gasteiger partial charge in [0.05, 0.1) is 19.0 Å². The van der Waals surface area contributed by atoms with Crippen LogP contribution in [0.4, 0.5) is 5.82 Å². The Balaban J connectivity index is 2.47. The molecule has 0 bridgehead atoms. The highest BCUT2D eigenvalue weighted by Gasteiger charge is 2.04. The van der Waals surface area contributed by atoms with E-state index in [9.17, 15) is 0 Å². The third-order valence-electron chi connectivity index (χ3n) is 2.23. The standard InChI is InChI=1S/C12H20ClN3O/c1-3-7-17-12-9-14-8-11(16-12)15-10(2)5-4-6-13/h8-10H,3-7H2,1-2H3,(H,15,16). The molecule has 1 aromatic heterocycles. The number of ether oxygens (including phenoxy) is 1. The Bertz CT molecular complexity index is 322. The topological polar surface area (TPSA) is 47.0 Å². The second kappa shape index (κ2) is 8.12. The van der Waals surface area contributed by atoms with Crippen LogP contribution in [0.3, 0.4) is 0 Å². The van der Waals surface area contributed by atoms with Crippen molar-refractivity contribution in [2.75, 3.05) is 17.8 Å². The molecule has 0 aliphatic rings. The molecule has 1 heterocycles. The molecule has 1 unspecified atom stereocenters. The van der Waals surface area contributed by atoms with Gasteiger partial charge in [-0.25, -0.2) is 0 Å². The molecule has 0 fully saturated rings. The van der Waals surface area contributed by atoms with Crippen LogP contribution in [0.5, 0.6) is 5.88 Å². The number of alkyl halides is 1. The van der Waals surface area contributed by atoms with E-state index in [4.69, 9.17) is 16.3 Å². The van der Waals surface area contributed by atoms with Crippen molar-refractivity contribution in [2.45, 2.75) is 39.2 Å². The number of aromatic nitrogens is 2. The average Bonchev–Trinajstić information content (AvgIpc) is 2.34. The molecule has 0 amide bonds. The lowest BCUT2D eigenvalue weighted by Crippen LogP contribution is -2.16. The van der Waals surface area contributed by atoms with Crippen LogP contribution >= 0.6 is 11.6 Å². The van der Waals surface area contributed by atoms with Crippen LogP contribution in [-0.4, -0.2) is 28.5 Å². The quantitative estimate of drug-likeness (QED) is 0.727. The highest BCUT2D eigenvalue weighted by molar-refractivity contribution is 6.17. The minimum Gasteiger partial charge on any atom is -0.477 e. The lowest BCUT2D eigenvalue weighted by Gasteiger charge is -2.14. The molecule has 1 rings (SSSR count). The highest BCUT2D eigenvalue weighted by atomic mass is 35.5. The summed E-state index contributed by atoms with van der Waals surface area (Å²) in [5.74, 6) is 2.01. The van der Waals surface area contributed by atoms with Gasteiger partial charge >= 0.3 is 0 Å². The Morgan fingerprint density at radius 3 is 3.00 bits per heavy atom. The van der Waals surface area contributed by atoms with E-state index in [-0.39, 0.29) is 0 Å². The minimum absolute atomic E-state index is 0.337. The van der Waals surface area contributed by atoms with Gasteiger partial charge in [0.25, 0.3) is 0 Å². The van der Waals surface area contributed by atoms with Crippen molar-refractivity contribution >= 4 is 17.4 Å². The molecule has 1 aromatic rings. The summed E-state index contributed by atoms with van der Waals surface area (Å²) in [5, 5.41) is 3.28. The van der Waals surface area contributed by atoms with Gasteiger partial charge in [-0.2, -0.15) is 4.98 Å². The predicted molar refractivity (Wildman–Crippen MR) is 70.9 cm³/mol. The van der Waals surface area contributed by atoms with Crippen LogP contribution in [0, 0.1) is 0 Å². The number of rotatable bonds is 8. The molecule has 0 spiro atoms.